The van der Waals surface area contributed by atoms with Gasteiger partial charge in [-0.2, -0.15) is 5.10 Å². The van der Waals surface area contributed by atoms with E-state index in [0.29, 0.717) is 52.9 Å². The molecule has 3 N–H and O–H groups in total. The predicted octanol–water partition coefficient (Wildman–Crippen LogP) is 5.21. The summed E-state index contributed by atoms with van der Waals surface area (Å²) in [6, 6.07) is 10.7. The van der Waals surface area contributed by atoms with Crippen LogP contribution in [-0.2, 0) is 0 Å². The number of halogens is 1. The van der Waals surface area contributed by atoms with Gasteiger partial charge < -0.3 is 19.9 Å². The molecule has 7 rings (SSSR count). The summed E-state index contributed by atoms with van der Waals surface area (Å²) in [7, 11) is 4.00. The minimum absolute atomic E-state index is 0.344. The molecular formula is C33H35FN10O. The van der Waals surface area contributed by atoms with E-state index >= 15 is 0 Å². The number of nitrogens with zero attached hydrogens (tertiary/aromatic N) is 7. The van der Waals surface area contributed by atoms with E-state index in [1.807, 2.05) is 38.4 Å². The molecule has 11 nitrogen and oxygen atoms in total. The van der Waals surface area contributed by atoms with Gasteiger partial charge in [0.15, 0.2) is 5.82 Å². The number of likely N-dealkylation sites (tertiary alicyclic amines) is 1. The first-order valence-electron chi connectivity index (χ1n) is 15.2. The second-order valence-electron chi connectivity index (χ2n) is 11.6. The van der Waals surface area contributed by atoms with Crippen molar-refractivity contribution in [1.29, 1.82) is 0 Å². The predicted molar refractivity (Wildman–Crippen MR) is 174 cm³/mol. The first-order chi connectivity index (χ1) is 22.0. The molecule has 0 aliphatic carbocycles. The molecule has 5 aromatic heterocycles. The third-order valence-electron chi connectivity index (χ3n) is 8.02. The Kier molecular flexibility index (Phi) is 8.05. The van der Waals surface area contributed by atoms with E-state index in [2.05, 4.69) is 45.2 Å². The number of aromatic amines is 2. The summed E-state index contributed by atoms with van der Waals surface area (Å²) in [5.41, 5.74) is 6.33. The van der Waals surface area contributed by atoms with Crippen molar-refractivity contribution in [2.75, 3.05) is 58.7 Å². The average Bonchev–Trinajstić information content (AvgIpc) is 3.80. The van der Waals surface area contributed by atoms with Gasteiger partial charge in [-0.1, -0.05) is 0 Å². The maximum atomic E-state index is 14.7. The Morgan fingerprint density at radius 1 is 0.978 bits per heavy atom. The third-order valence-corrected chi connectivity index (χ3v) is 8.02. The van der Waals surface area contributed by atoms with Gasteiger partial charge in [-0.05, 0) is 76.4 Å². The van der Waals surface area contributed by atoms with Crippen molar-refractivity contribution < 1.29 is 9.13 Å². The smallest absolute Gasteiger partial charge is 0.159 e. The molecule has 45 heavy (non-hydrogen) atoms. The number of imidazole rings is 1. The normalized spacial score (nSPS) is 13.8. The van der Waals surface area contributed by atoms with Crippen LogP contribution in [0.1, 0.15) is 12.8 Å². The van der Waals surface area contributed by atoms with Crippen LogP contribution in [0.2, 0.25) is 0 Å². The number of hydrogen-bond acceptors (Lipinski definition) is 9. The summed E-state index contributed by atoms with van der Waals surface area (Å²) in [6.45, 7) is 5.33. The van der Waals surface area contributed by atoms with Crippen molar-refractivity contribution in [3.63, 3.8) is 0 Å². The molecule has 1 saturated heterocycles. The topological polar surface area (TPSA) is 124 Å². The number of nitrogens with one attached hydrogen (secondary N) is 3. The van der Waals surface area contributed by atoms with Crippen LogP contribution in [0.5, 0.6) is 5.75 Å². The molecule has 0 saturated carbocycles. The van der Waals surface area contributed by atoms with Gasteiger partial charge in [0.2, 0.25) is 0 Å². The molecule has 1 aromatic carbocycles. The van der Waals surface area contributed by atoms with Gasteiger partial charge in [-0.15, -0.1) is 0 Å². The van der Waals surface area contributed by atoms with Crippen molar-refractivity contribution in [3.8, 4) is 39.8 Å². The number of ether oxygens (including phenoxy) is 1. The quantitative estimate of drug-likeness (QED) is 0.182. The van der Waals surface area contributed by atoms with Crippen LogP contribution in [0, 0.1) is 5.82 Å². The molecule has 230 valence electrons. The second-order valence-corrected chi connectivity index (χ2v) is 11.6. The highest BCUT2D eigenvalue weighted by Crippen LogP contribution is 2.33. The Bertz CT molecular complexity index is 1950. The lowest BCUT2D eigenvalue weighted by Crippen LogP contribution is -2.25. The summed E-state index contributed by atoms with van der Waals surface area (Å²) < 4.78 is 20.7. The highest BCUT2D eigenvalue weighted by Gasteiger charge is 2.18. The number of likely N-dealkylation sites (N-methyl/N-ethyl adjacent to an activating group) is 1. The number of pyridine rings is 3. The van der Waals surface area contributed by atoms with Crippen LogP contribution < -0.4 is 10.1 Å². The van der Waals surface area contributed by atoms with Gasteiger partial charge in [-0.25, -0.2) is 9.37 Å². The van der Waals surface area contributed by atoms with Crippen LogP contribution in [0.4, 0.5) is 10.1 Å². The number of hydrogen-bond donors (Lipinski definition) is 3. The zero-order chi connectivity index (χ0) is 30.8. The molecule has 6 aromatic rings. The molecule has 0 spiro atoms. The van der Waals surface area contributed by atoms with E-state index in [-0.39, 0.29) is 5.82 Å². The fourth-order valence-electron chi connectivity index (χ4n) is 5.70. The van der Waals surface area contributed by atoms with Crippen molar-refractivity contribution in [3.05, 3.63) is 67.0 Å². The summed E-state index contributed by atoms with van der Waals surface area (Å²) in [4.78, 5) is 26.4. The zero-order valence-corrected chi connectivity index (χ0v) is 25.3. The van der Waals surface area contributed by atoms with Crippen molar-refractivity contribution >= 4 is 27.6 Å². The standard InChI is InChI=1S/C33H35FN10O/c1-43(2)10-7-36-24-14-21(13-23(34)16-24)30-32-27(5-6-37-30)39-33(40-32)31-26-17-28(38-20-29(26)41-42-31)22-15-25(19-35-18-22)45-12-11-44-8-3-4-9-44/h5-6,13-20,36H,3-4,7-12H2,1-2H3,(H,39,40)(H,41,42). The minimum atomic E-state index is -0.344. The second kappa shape index (κ2) is 12.6. The molecule has 0 radical (unpaired) electrons. The molecule has 0 amide bonds. The monoisotopic (exact) mass is 606 g/mol. The van der Waals surface area contributed by atoms with E-state index in [4.69, 9.17) is 9.72 Å². The number of rotatable bonds is 11. The van der Waals surface area contributed by atoms with Crippen LogP contribution >= 0.6 is 0 Å². The molecule has 0 unspecified atom stereocenters. The van der Waals surface area contributed by atoms with Crippen LogP contribution in [0.15, 0.2) is 61.2 Å². The zero-order valence-electron chi connectivity index (χ0n) is 25.3. The largest absolute Gasteiger partial charge is 0.491 e. The van der Waals surface area contributed by atoms with Crippen LogP contribution in [-0.4, -0.2) is 98.3 Å². The molecule has 1 fully saturated rings. The average molecular weight is 607 g/mol. The lowest BCUT2D eigenvalue weighted by Gasteiger charge is -2.15. The van der Waals surface area contributed by atoms with Crippen LogP contribution in [0.25, 0.3) is 56.0 Å². The number of H-pyrrole nitrogens is 2. The summed E-state index contributed by atoms with van der Waals surface area (Å²) >= 11 is 0. The summed E-state index contributed by atoms with van der Waals surface area (Å²) in [6.07, 6.45) is 9.49. The molecule has 12 heteroatoms. The number of anilines is 1. The molecule has 6 heterocycles. The number of aromatic nitrogens is 7. The first kappa shape index (κ1) is 28.8. The Balaban J connectivity index is 1.17. The Morgan fingerprint density at radius 3 is 2.73 bits per heavy atom. The molecule has 1 aliphatic rings. The minimum Gasteiger partial charge on any atom is -0.491 e. The van der Waals surface area contributed by atoms with E-state index in [1.165, 1.54) is 25.0 Å². The number of benzene rings is 1. The van der Waals surface area contributed by atoms with Crippen molar-refractivity contribution in [1.82, 2.24) is 44.9 Å². The highest BCUT2D eigenvalue weighted by atomic mass is 19.1. The maximum Gasteiger partial charge on any atom is 0.159 e. The highest BCUT2D eigenvalue weighted by molar-refractivity contribution is 5.97. The maximum absolute atomic E-state index is 14.7. The summed E-state index contributed by atoms with van der Waals surface area (Å²) in [5.74, 6) is 0.940. The number of fused-ring (bicyclic) bond motifs is 2. The van der Waals surface area contributed by atoms with Gasteiger partial charge in [0.25, 0.3) is 0 Å². The lowest BCUT2D eigenvalue weighted by molar-refractivity contribution is 0.237. The summed E-state index contributed by atoms with van der Waals surface area (Å²) in [5, 5.41) is 11.8. The van der Waals surface area contributed by atoms with Crippen molar-refractivity contribution in [2.45, 2.75) is 12.8 Å². The fourth-order valence-corrected chi connectivity index (χ4v) is 5.70. The molecule has 1 aliphatic heterocycles. The Hall–Kier alpha value is -4.94. The lowest BCUT2D eigenvalue weighted by atomic mass is 10.1. The van der Waals surface area contributed by atoms with Gasteiger partial charge in [0.05, 0.1) is 34.8 Å². The van der Waals surface area contributed by atoms with Gasteiger partial charge >= 0.3 is 0 Å². The fraction of sp³-hybridized carbons (Fsp3) is 0.303. The van der Waals surface area contributed by atoms with E-state index < -0.39 is 0 Å². The van der Waals surface area contributed by atoms with Crippen LogP contribution in [0.3, 0.4) is 0 Å². The molecule has 0 bridgehead atoms. The van der Waals surface area contributed by atoms with Gasteiger partial charge in [0.1, 0.15) is 29.4 Å². The third kappa shape index (κ3) is 6.33. The Labute approximate surface area is 259 Å². The molecular weight excluding hydrogens is 571 g/mol. The first-order valence-corrected chi connectivity index (χ1v) is 15.2. The van der Waals surface area contributed by atoms with E-state index in [9.17, 15) is 4.39 Å². The Morgan fingerprint density at radius 2 is 1.87 bits per heavy atom. The SMILES string of the molecule is CN(C)CCNc1cc(F)cc(-c2nccc3[nH]c(-c4n[nH]c5cnc(-c6cncc(OCCN7CCCC7)c6)cc45)nc23)c1. The van der Waals surface area contributed by atoms with Crippen molar-refractivity contribution in [2.24, 2.45) is 0 Å². The van der Waals surface area contributed by atoms with Gasteiger partial charge in [0, 0.05) is 54.2 Å². The van der Waals surface area contributed by atoms with Gasteiger partial charge in [-0.3, -0.25) is 25.0 Å². The molecule has 0 atom stereocenters. The van der Waals surface area contributed by atoms with E-state index in [1.54, 1.807) is 24.8 Å². The van der Waals surface area contributed by atoms with E-state index in [0.717, 1.165) is 53.9 Å².